The van der Waals surface area contributed by atoms with Crippen LogP contribution in [0.4, 0.5) is 0 Å². The lowest BCUT2D eigenvalue weighted by Crippen LogP contribution is -2.06. The Hall–Kier alpha value is -1.02. The molecule has 0 saturated carbocycles. The lowest BCUT2D eigenvalue weighted by molar-refractivity contribution is 0.120. The average Bonchev–Trinajstić information content (AvgIpc) is 2.88. The van der Waals surface area contributed by atoms with Gasteiger partial charge in [-0.3, -0.25) is 0 Å². The van der Waals surface area contributed by atoms with Gasteiger partial charge in [0, 0.05) is 44.4 Å². The minimum absolute atomic E-state index is 0. The first-order valence-corrected chi connectivity index (χ1v) is 13.5. The Bertz CT molecular complexity index is 1180. The van der Waals surface area contributed by atoms with Gasteiger partial charge < -0.3 is 18.9 Å². The maximum absolute atomic E-state index is 5.95. The van der Waals surface area contributed by atoms with Crippen LogP contribution in [-0.4, -0.2) is 13.6 Å². The van der Waals surface area contributed by atoms with E-state index in [1.54, 1.807) is 72.8 Å². The van der Waals surface area contributed by atoms with Gasteiger partial charge in [0.2, 0.25) is 13.6 Å². The van der Waals surface area contributed by atoms with Crippen molar-refractivity contribution >= 4 is 118 Å². The van der Waals surface area contributed by atoms with Gasteiger partial charge in [-0.1, -0.05) is 92.8 Å². The van der Waals surface area contributed by atoms with Crippen LogP contribution in [0.1, 0.15) is 0 Å². The zero-order chi connectivity index (χ0) is 27.7. The molecule has 0 unspecified atom stereocenters. The van der Waals surface area contributed by atoms with Gasteiger partial charge in [0.25, 0.3) is 0 Å². The summed E-state index contributed by atoms with van der Waals surface area (Å²) in [6.07, 6.45) is 0. The molecule has 14 heteroatoms. The van der Waals surface area contributed by atoms with Crippen molar-refractivity contribution in [2.45, 2.75) is 0 Å². The van der Waals surface area contributed by atoms with E-state index < -0.39 is 0 Å². The summed E-state index contributed by atoms with van der Waals surface area (Å²) in [5.74, 6) is 1.75. The molecule has 0 heterocycles. The van der Waals surface area contributed by atoms with Crippen LogP contribution in [0.2, 0.25) is 40.2 Å². The Morgan fingerprint density at radius 3 is 0.750 bits per heavy atom. The van der Waals surface area contributed by atoms with Gasteiger partial charge in [-0.05, 0) is 48.5 Å². The molecule has 0 aliphatic rings. The van der Waals surface area contributed by atoms with Crippen molar-refractivity contribution in [3.8, 4) is 23.0 Å². The normalized spacial score (nSPS) is 9.80. The van der Waals surface area contributed by atoms with Gasteiger partial charge in [0.15, 0.2) is 0 Å². The van der Waals surface area contributed by atoms with Crippen LogP contribution in [0.15, 0.2) is 72.8 Å². The molecule has 0 amide bonds. The molecule has 4 aromatic rings. The number of rotatable bonds is 8. The van der Waals surface area contributed by atoms with Crippen LogP contribution in [0, 0.1) is 0 Å². The lowest BCUT2D eigenvalue weighted by atomic mass is 10.3. The highest BCUT2D eigenvalue weighted by molar-refractivity contribution is 6.35. The monoisotopic (exact) mass is 744 g/mol. The fraction of sp³-hybridized carbons (Fsp3) is 0.0769. The van der Waals surface area contributed by atoms with Crippen LogP contribution in [0.5, 0.6) is 23.0 Å². The van der Waals surface area contributed by atoms with Gasteiger partial charge in [0.05, 0.1) is 20.1 Å². The Balaban J connectivity index is 0.000000381. The SMILES string of the molecule is Cl.Cl.Clc1ccc(Cl)c(OCOc2cc(Cl)ccc2Cl)c1.Clc1ccc(Cl)c(OCOc2cc(Cl)ccc2Cl)c1. The van der Waals surface area contributed by atoms with E-state index >= 15 is 0 Å². The van der Waals surface area contributed by atoms with Crippen LogP contribution >= 0.6 is 118 Å². The zero-order valence-electron chi connectivity index (χ0n) is 19.8. The highest BCUT2D eigenvalue weighted by Crippen LogP contribution is 2.31. The molecule has 0 aromatic heterocycles. The highest BCUT2D eigenvalue weighted by Gasteiger charge is 2.07. The Kier molecular flexibility index (Phi) is 17.1. The molecule has 0 bridgehead atoms. The first-order chi connectivity index (χ1) is 18.1. The van der Waals surface area contributed by atoms with E-state index in [0.29, 0.717) is 63.2 Å². The third-order valence-corrected chi connectivity index (χ3v) is 6.62. The van der Waals surface area contributed by atoms with Crippen molar-refractivity contribution < 1.29 is 18.9 Å². The molecule has 0 aliphatic carbocycles. The number of halogens is 10. The highest BCUT2D eigenvalue weighted by atomic mass is 35.5. The lowest BCUT2D eigenvalue weighted by Gasteiger charge is -2.11. The van der Waals surface area contributed by atoms with Crippen LogP contribution in [0.3, 0.4) is 0 Å². The van der Waals surface area contributed by atoms with Gasteiger partial charge in [0.1, 0.15) is 23.0 Å². The maximum atomic E-state index is 5.95. The molecule has 4 aromatic carbocycles. The van der Waals surface area contributed by atoms with E-state index in [1.807, 2.05) is 0 Å². The van der Waals surface area contributed by atoms with E-state index in [9.17, 15) is 0 Å². The molecule has 4 nitrogen and oxygen atoms in total. The topological polar surface area (TPSA) is 36.9 Å². The minimum Gasteiger partial charge on any atom is -0.456 e. The fourth-order valence-corrected chi connectivity index (χ4v) is 4.00. The molecule has 0 saturated heterocycles. The number of ether oxygens (including phenoxy) is 4. The van der Waals surface area contributed by atoms with Gasteiger partial charge >= 0.3 is 0 Å². The van der Waals surface area contributed by atoms with Crippen molar-refractivity contribution in [1.82, 2.24) is 0 Å². The molecule has 0 N–H and O–H groups in total. The van der Waals surface area contributed by atoms with Crippen LogP contribution in [-0.2, 0) is 0 Å². The molecule has 0 aliphatic heterocycles. The smallest absolute Gasteiger partial charge is 0.231 e. The number of hydrogen-bond donors (Lipinski definition) is 0. The third kappa shape index (κ3) is 12.1. The largest absolute Gasteiger partial charge is 0.456 e. The van der Waals surface area contributed by atoms with E-state index in [4.69, 9.17) is 112 Å². The molecule has 0 spiro atoms. The van der Waals surface area contributed by atoms with Crippen LogP contribution in [0.25, 0.3) is 0 Å². The molecule has 0 radical (unpaired) electrons. The first kappa shape index (κ1) is 37.0. The van der Waals surface area contributed by atoms with Crippen molar-refractivity contribution in [3.63, 3.8) is 0 Å². The van der Waals surface area contributed by atoms with E-state index in [0.717, 1.165) is 0 Å². The quantitative estimate of drug-likeness (QED) is 0.168. The number of hydrogen-bond acceptors (Lipinski definition) is 4. The summed E-state index contributed by atoms with van der Waals surface area (Å²) in [5, 5.41) is 3.91. The van der Waals surface area contributed by atoms with E-state index in [2.05, 4.69) is 0 Å². The van der Waals surface area contributed by atoms with Gasteiger partial charge in [-0.2, -0.15) is 0 Å². The molecule has 0 fully saturated rings. The van der Waals surface area contributed by atoms with E-state index in [-0.39, 0.29) is 38.4 Å². The predicted octanol–water partition coefficient (Wildman–Crippen LogP) is 12.3. The Morgan fingerprint density at radius 2 is 0.550 bits per heavy atom. The van der Waals surface area contributed by atoms with Gasteiger partial charge in [-0.25, -0.2) is 0 Å². The standard InChI is InChI=1S/2C13H8Cl4O2.2ClH/c2*14-8-1-3-10(16)12(5-8)18-7-19-13-6-9(15)2-4-11(13)17;;/h2*1-6H,7H2;2*1H. The van der Waals surface area contributed by atoms with Crippen molar-refractivity contribution in [2.24, 2.45) is 0 Å². The fourth-order valence-electron chi connectivity index (χ4n) is 2.66. The summed E-state index contributed by atoms with van der Waals surface area (Å²) in [7, 11) is 0. The number of benzene rings is 4. The summed E-state index contributed by atoms with van der Waals surface area (Å²) in [6, 6.07) is 19.7. The van der Waals surface area contributed by atoms with Crippen molar-refractivity contribution in [3.05, 3.63) is 113 Å². The Morgan fingerprint density at radius 1 is 0.350 bits per heavy atom. The molecule has 216 valence electrons. The van der Waals surface area contributed by atoms with Gasteiger partial charge in [-0.15, -0.1) is 24.8 Å². The first-order valence-electron chi connectivity index (χ1n) is 10.4. The average molecular weight is 749 g/mol. The Labute approximate surface area is 284 Å². The second kappa shape index (κ2) is 18.5. The van der Waals surface area contributed by atoms with Crippen molar-refractivity contribution in [1.29, 1.82) is 0 Å². The van der Waals surface area contributed by atoms with Crippen molar-refractivity contribution in [2.75, 3.05) is 13.6 Å². The maximum Gasteiger partial charge on any atom is 0.231 e. The molecule has 4 rings (SSSR count). The minimum atomic E-state index is -0.0554. The molecular formula is C26H18Cl10O4. The zero-order valence-corrected chi connectivity index (χ0v) is 27.5. The predicted molar refractivity (Wildman–Crippen MR) is 173 cm³/mol. The van der Waals surface area contributed by atoms with E-state index in [1.165, 1.54) is 0 Å². The van der Waals surface area contributed by atoms with Crippen LogP contribution < -0.4 is 18.9 Å². The second-order valence-electron chi connectivity index (χ2n) is 7.11. The summed E-state index contributed by atoms with van der Waals surface area (Å²) < 4.78 is 21.5. The summed E-state index contributed by atoms with van der Waals surface area (Å²) in [4.78, 5) is 0. The summed E-state index contributed by atoms with van der Waals surface area (Å²) in [5.41, 5.74) is 0. The second-order valence-corrected chi connectivity index (χ2v) is 10.5. The summed E-state index contributed by atoms with van der Waals surface area (Å²) >= 11 is 47.2. The summed E-state index contributed by atoms with van der Waals surface area (Å²) in [6.45, 7) is -0.111. The third-order valence-electron chi connectivity index (χ3n) is 4.43. The molecular weight excluding hydrogens is 731 g/mol. The molecule has 40 heavy (non-hydrogen) atoms. The molecule has 0 atom stereocenters.